The number of hydrogen-bond acceptors (Lipinski definition) is 3. The van der Waals surface area contributed by atoms with E-state index in [-0.39, 0.29) is 12.0 Å². The van der Waals surface area contributed by atoms with Crippen molar-refractivity contribution in [2.45, 2.75) is 38.2 Å². The number of Topliss-reactive ketones (excluding diaryl/α,β-unsaturated/α-hetero) is 1. The normalized spacial score (nSPS) is 35.1. The number of carbonyl (C=O) groups is 1. The van der Waals surface area contributed by atoms with E-state index < -0.39 is 0 Å². The van der Waals surface area contributed by atoms with E-state index in [9.17, 15) is 9.90 Å². The predicted octanol–water partition coefficient (Wildman–Crippen LogP) is 0.812. The molecule has 0 aromatic rings. The molecule has 1 aliphatic carbocycles. The van der Waals surface area contributed by atoms with Gasteiger partial charge in [0, 0.05) is 25.4 Å². The van der Waals surface area contributed by atoms with Gasteiger partial charge in [0.1, 0.15) is 5.78 Å². The van der Waals surface area contributed by atoms with Gasteiger partial charge in [0.05, 0.1) is 6.10 Å². The molecule has 3 heteroatoms. The lowest BCUT2D eigenvalue weighted by Crippen LogP contribution is -2.41. The van der Waals surface area contributed by atoms with Gasteiger partial charge in [-0.15, -0.1) is 0 Å². The molecular weight excluding hydrogens is 178 g/mol. The zero-order valence-electron chi connectivity index (χ0n) is 8.61. The van der Waals surface area contributed by atoms with Crippen LogP contribution >= 0.6 is 0 Å². The highest BCUT2D eigenvalue weighted by molar-refractivity contribution is 5.83. The summed E-state index contributed by atoms with van der Waals surface area (Å²) in [5, 5.41) is 9.49. The van der Waals surface area contributed by atoms with Crippen LogP contribution in [0.15, 0.2) is 0 Å². The molecule has 1 heterocycles. The molecular formula is C11H19NO2. The molecule has 1 N–H and O–H groups in total. The number of β-amino-alcohol motifs (C(OH)–C–C–N with tert-alkyl or cyclic N) is 1. The lowest BCUT2D eigenvalue weighted by molar-refractivity contribution is -0.121. The van der Waals surface area contributed by atoms with Gasteiger partial charge in [-0.2, -0.15) is 0 Å². The fourth-order valence-electron chi connectivity index (χ4n) is 2.59. The molecule has 0 radical (unpaired) electrons. The van der Waals surface area contributed by atoms with Gasteiger partial charge in [0.2, 0.25) is 0 Å². The Morgan fingerprint density at radius 3 is 2.86 bits per heavy atom. The molecule has 2 rings (SSSR count). The Morgan fingerprint density at radius 2 is 2.21 bits per heavy atom. The summed E-state index contributed by atoms with van der Waals surface area (Å²) in [6.07, 6.45) is 4.74. The second-order valence-electron chi connectivity index (χ2n) is 4.61. The van der Waals surface area contributed by atoms with E-state index in [0.29, 0.717) is 5.78 Å². The van der Waals surface area contributed by atoms with E-state index >= 15 is 0 Å². The van der Waals surface area contributed by atoms with Crippen LogP contribution in [0, 0.1) is 5.92 Å². The standard InChI is InChI=1S/C11H19NO2/c13-10-4-2-6-12(8-10)7-9-3-1-5-11(9)14/h9-10,13H,1-8H2. The van der Waals surface area contributed by atoms with Gasteiger partial charge in [-0.3, -0.25) is 4.79 Å². The SMILES string of the molecule is O=C1CCCC1CN1CCCC(O)C1. The zero-order chi connectivity index (χ0) is 9.97. The van der Waals surface area contributed by atoms with Crippen molar-refractivity contribution < 1.29 is 9.90 Å². The molecule has 2 aliphatic rings. The second-order valence-corrected chi connectivity index (χ2v) is 4.61. The monoisotopic (exact) mass is 197 g/mol. The zero-order valence-corrected chi connectivity index (χ0v) is 8.61. The van der Waals surface area contributed by atoms with Gasteiger partial charge in [-0.05, 0) is 32.2 Å². The largest absolute Gasteiger partial charge is 0.392 e. The maximum absolute atomic E-state index is 11.4. The first-order chi connectivity index (χ1) is 6.75. The van der Waals surface area contributed by atoms with E-state index in [4.69, 9.17) is 0 Å². The molecule has 0 spiro atoms. The first-order valence-electron chi connectivity index (χ1n) is 5.69. The number of carbonyl (C=O) groups excluding carboxylic acids is 1. The van der Waals surface area contributed by atoms with Crippen LogP contribution in [-0.4, -0.2) is 41.5 Å². The third-order valence-corrected chi connectivity index (χ3v) is 3.39. The van der Waals surface area contributed by atoms with Crippen LogP contribution in [0.4, 0.5) is 0 Å². The molecule has 3 nitrogen and oxygen atoms in total. The number of rotatable bonds is 2. The maximum Gasteiger partial charge on any atom is 0.137 e. The van der Waals surface area contributed by atoms with Crippen LogP contribution in [0.2, 0.25) is 0 Å². The molecule has 1 aliphatic heterocycles. The minimum absolute atomic E-state index is 0.166. The van der Waals surface area contributed by atoms with Gasteiger partial charge in [-0.1, -0.05) is 0 Å². The number of likely N-dealkylation sites (tertiary alicyclic amines) is 1. The van der Waals surface area contributed by atoms with Gasteiger partial charge in [-0.25, -0.2) is 0 Å². The smallest absolute Gasteiger partial charge is 0.137 e. The molecule has 0 bridgehead atoms. The third-order valence-electron chi connectivity index (χ3n) is 3.39. The number of hydrogen-bond donors (Lipinski definition) is 1. The van der Waals surface area contributed by atoms with Crippen molar-refractivity contribution in [3.05, 3.63) is 0 Å². The maximum atomic E-state index is 11.4. The van der Waals surface area contributed by atoms with Gasteiger partial charge < -0.3 is 10.0 Å². The second kappa shape index (κ2) is 4.41. The Balaban J connectivity index is 1.81. The van der Waals surface area contributed by atoms with Crippen LogP contribution < -0.4 is 0 Å². The van der Waals surface area contributed by atoms with Crippen molar-refractivity contribution in [2.24, 2.45) is 5.92 Å². The van der Waals surface area contributed by atoms with Gasteiger partial charge >= 0.3 is 0 Å². The number of piperidine rings is 1. The van der Waals surface area contributed by atoms with E-state index in [1.807, 2.05) is 0 Å². The Kier molecular flexibility index (Phi) is 3.19. The topological polar surface area (TPSA) is 40.5 Å². The molecule has 1 saturated heterocycles. The molecule has 0 aromatic carbocycles. The Labute approximate surface area is 85.1 Å². The quantitative estimate of drug-likeness (QED) is 0.712. The number of aliphatic hydroxyl groups is 1. The van der Waals surface area contributed by atoms with Crippen LogP contribution in [0.25, 0.3) is 0 Å². The number of nitrogens with zero attached hydrogens (tertiary/aromatic N) is 1. The fourth-order valence-corrected chi connectivity index (χ4v) is 2.59. The minimum atomic E-state index is -0.166. The summed E-state index contributed by atoms with van der Waals surface area (Å²) in [4.78, 5) is 13.7. The molecule has 80 valence electrons. The van der Waals surface area contributed by atoms with Crippen molar-refractivity contribution >= 4 is 5.78 Å². The van der Waals surface area contributed by atoms with E-state index in [2.05, 4.69) is 4.90 Å². The van der Waals surface area contributed by atoms with Crippen molar-refractivity contribution in [1.82, 2.24) is 4.90 Å². The van der Waals surface area contributed by atoms with Crippen molar-refractivity contribution in [3.8, 4) is 0 Å². The summed E-state index contributed by atoms with van der Waals surface area (Å²) >= 11 is 0. The summed E-state index contributed by atoms with van der Waals surface area (Å²) in [6, 6.07) is 0. The highest BCUT2D eigenvalue weighted by Gasteiger charge is 2.28. The molecule has 2 unspecified atom stereocenters. The lowest BCUT2D eigenvalue weighted by atomic mass is 10.0. The highest BCUT2D eigenvalue weighted by Crippen LogP contribution is 2.23. The minimum Gasteiger partial charge on any atom is -0.392 e. The average molecular weight is 197 g/mol. The van der Waals surface area contributed by atoms with Crippen molar-refractivity contribution in [2.75, 3.05) is 19.6 Å². The van der Waals surface area contributed by atoms with E-state index in [1.54, 1.807) is 0 Å². The first-order valence-corrected chi connectivity index (χ1v) is 5.69. The lowest BCUT2D eigenvalue weighted by Gasteiger charge is -2.31. The van der Waals surface area contributed by atoms with Crippen LogP contribution in [-0.2, 0) is 4.79 Å². The number of aliphatic hydroxyl groups excluding tert-OH is 1. The summed E-state index contributed by atoms with van der Waals surface area (Å²) in [6.45, 7) is 2.71. The Bertz CT molecular complexity index is 217. The molecule has 0 amide bonds. The van der Waals surface area contributed by atoms with Crippen LogP contribution in [0.1, 0.15) is 32.1 Å². The molecule has 14 heavy (non-hydrogen) atoms. The van der Waals surface area contributed by atoms with Crippen LogP contribution in [0.5, 0.6) is 0 Å². The van der Waals surface area contributed by atoms with Crippen molar-refractivity contribution in [3.63, 3.8) is 0 Å². The summed E-state index contributed by atoms with van der Waals surface area (Å²) in [5.41, 5.74) is 0. The predicted molar refractivity (Wildman–Crippen MR) is 54.0 cm³/mol. The molecule has 1 saturated carbocycles. The molecule has 2 fully saturated rings. The average Bonchev–Trinajstić information content (AvgIpc) is 2.52. The van der Waals surface area contributed by atoms with Crippen molar-refractivity contribution in [1.29, 1.82) is 0 Å². The van der Waals surface area contributed by atoms with E-state index in [0.717, 1.165) is 51.7 Å². The number of ketones is 1. The van der Waals surface area contributed by atoms with Gasteiger partial charge in [0.15, 0.2) is 0 Å². The highest BCUT2D eigenvalue weighted by atomic mass is 16.3. The summed E-state index contributed by atoms with van der Waals surface area (Å²) in [7, 11) is 0. The molecule has 0 aromatic heterocycles. The Morgan fingerprint density at radius 1 is 1.36 bits per heavy atom. The van der Waals surface area contributed by atoms with Crippen LogP contribution in [0.3, 0.4) is 0 Å². The summed E-state index contributed by atoms with van der Waals surface area (Å²) < 4.78 is 0. The van der Waals surface area contributed by atoms with Gasteiger partial charge in [0.25, 0.3) is 0 Å². The summed E-state index contributed by atoms with van der Waals surface area (Å²) in [5.74, 6) is 0.699. The molecule has 2 atom stereocenters. The first kappa shape index (κ1) is 10.1. The third kappa shape index (κ3) is 2.34. The Hall–Kier alpha value is -0.410. The van der Waals surface area contributed by atoms with E-state index in [1.165, 1.54) is 0 Å². The fraction of sp³-hybridized carbons (Fsp3) is 0.909.